The molecule has 0 saturated heterocycles. The van der Waals surface area contributed by atoms with Crippen LogP contribution in [-0.4, -0.2) is 28.9 Å². The van der Waals surface area contributed by atoms with Gasteiger partial charge in [-0.1, -0.05) is 24.4 Å². The predicted octanol–water partition coefficient (Wildman–Crippen LogP) is 2.67. The summed E-state index contributed by atoms with van der Waals surface area (Å²) >= 11 is 5.86. The molecule has 0 spiro atoms. The molecule has 0 heterocycles. The molecular weight excluding hydrogens is 320 g/mol. The van der Waals surface area contributed by atoms with Gasteiger partial charge in [-0.25, -0.2) is 4.79 Å². The highest BCUT2D eigenvalue weighted by atomic mass is 35.5. The van der Waals surface area contributed by atoms with Gasteiger partial charge in [-0.2, -0.15) is 0 Å². The van der Waals surface area contributed by atoms with Gasteiger partial charge < -0.3 is 15.7 Å². The number of nitrogens with one attached hydrogen (secondary N) is 2. The molecule has 23 heavy (non-hydrogen) atoms. The summed E-state index contributed by atoms with van der Waals surface area (Å²) in [5.74, 6) is -1.61. The number of carboxylic acid groups (broad SMARTS) is 1. The lowest BCUT2D eigenvalue weighted by Gasteiger charge is -2.17. The van der Waals surface area contributed by atoms with Crippen molar-refractivity contribution >= 4 is 35.1 Å². The van der Waals surface area contributed by atoms with E-state index in [0.717, 1.165) is 25.7 Å². The molecule has 124 valence electrons. The smallest absolute Gasteiger partial charge is 0.337 e. The third-order valence-corrected chi connectivity index (χ3v) is 4.26. The van der Waals surface area contributed by atoms with Gasteiger partial charge in [0.05, 0.1) is 10.6 Å². The van der Waals surface area contributed by atoms with Crippen molar-refractivity contribution in [3.05, 3.63) is 28.8 Å². The van der Waals surface area contributed by atoms with E-state index in [2.05, 4.69) is 10.6 Å². The zero-order valence-corrected chi connectivity index (χ0v) is 13.5. The first-order valence-electron chi connectivity index (χ1n) is 7.52. The number of hydrogen-bond acceptors (Lipinski definition) is 3. The lowest BCUT2D eigenvalue weighted by atomic mass is 10.1. The third-order valence-electron chi connectivity index (χ3n) is 3.95. The highest BCUT2D eigenvalue weighted by Gasteiger charge is 2.25. The predicted molar refractivity (Wildman–Crippen MR) is 86.6 cm³/mol. The monoisotopic (exact) mass is 338 g/mol. The molecule has 0 bridgehead atoms. The molecule has 0 aromatic heterocycles. The van der Waals surface area contributed by atoms with Crippen LogP contribution >= 0.6 is 11.6 Å². The molecule has 1 aromatic rings. The van der Waals surface area contributed by atoms with E-state index in [4.69, 9.17) is 16.7 Å². The summed E-state index contributed by atoms with van der Waals surface area (Å²) < 4.78 is 0. The van der Waals surface area contributed by atoms with E-state index in [1.165, 1.54) is 18.2 Å². The molecule has 2 rings (SSSR count). The Balaban J connectivity index is 1.94. The van der Waals surface area contributed by atoms with Crippen molar-refractivity contribution in [2.24, 2.45) is 5.92 Å². The Labute approximate surface area is 139 Å². The average Bonchev–Trinajstić information content (AvgIpc) is 3.01. The Morgan fingerprint density at radius 2 is 1.91 bits per heavy atom. The van der Waals surface area contributed by atoms with E-state index in [0.29, 0.717) is 5.69 Å². The Bertz CT molecular complexity index is 627. The van der Waals surface area contributed by atoms with E-state index in [-0.39, 0.29) is 28.3 Å². The molecule has 1 unspecified atom stereocenters. The van der Waals surface area contributed by atoms with E-state index < -0.39 is 12.0 Å². The van der Waals surface area contributed by atoms with Crippen LogP contribution in [0.15, 0.2) is 18.2 Å². The van der Waals surface area contributed by atoms with Crippen molar-refractivity contribution in [3.63, 3.8) is 0 Å². The summed E-state index contributed by atoms with van der Waals surface area (Å²) in [5, 5.41) is 14.3. The van der Waals surface area contributed by atoms with Crippen LogP contribution < -0.4 is 10.6 Å². The fraction of sp³-hybridized carbons (Fsp3) is 0.438. The van der Waals surface area contributed by atoms with E-state index in [1.807, 2.05) is 0 Å². The normalized spacial score (nSPS) is 15.9. The highest BCUT2D eigenvalue weighted by molar-refractivity contribution is 6.33. The zero-order chi connectivity index (χ0) is 17.0. The molecule has 6 nitrogen and oxygen atoms in total. The van der Waals surface area contributed by atoms with E-state index >= 15 is 0 Å². The Hall–Kier alpha value is -2.08. The van der Waals surface area contributed by atoms with Gasteiger partial charge in [-0.3, -0.25) is 9.59 Å². The minimum Gasteiger partial charge on any atom is -0.478 e. The summed E-state index contributed by atoms with van der Waals surface area (Å²) in [6, 6.07) is 3.47. The zero-order valence-electron chi connectivity index (χ0n) is 12.8. The molecule has 1 saturated carbocycles. The minimum atomic E-state index is -1.13. The second-order valence-electron chi connectivity index (χ2n) is 5.70. The van der Waals surface area contributed by atoms with Gasteiger partial charge in [0.1, 0.15) is 6.04 Å². The lowest BCUT2D eigenvalue weighted by molar-refractivity contribution is -0.128. The standard InChI is InChI=1S/C16H19ClN2O4/c1-9(18-15(21)10-4-2-3-5-10)14(20)19-11-6-7-12(16(22)23)13(17)8-11/h6-10H,2-5H2,1H3,(H,18,21)(H,19,20)(H,22,23). The van der Waals surface area contributed by atoms with Crippen molar-refractivity contribution in [1.82, 2.24) is 5.32 Å². The van der Waals surface area contributed by atoms with Gasteiger partial charge in [0.2, 0.25) is 11.8 Å². The second-order valence-corrected chi connectivity index (χ2v) is 6.11. The van der Waals surface area contributed by atoms with Crippen LogP contribution in [0.1, 0.15) is 43.0 Å². The van der Waals surface area contributed by atoms with Crippen molar-refractivity contribution in [2.75, 3.05) is 5.32 Å². The summed E-state index contributed by atoms with van der Waals surface area (Å²) in [4.78, 5) is 35.0. The first-order valence-corrected chi connectivity index (χ1v) is 7.90. The molecule has 1 aliphatic rings. The fourth-order valence-corrected chi connectivity index (χ4v) is 2.86. The maximum atomic E-state index is 12.1. The van der Waals surface area contributed by atoms with Crippen LogP contribution in [-0.2, 0) is 9.59 Å². The first-order chi connectivity index (χ1) is 10.9. The molecule has 1 atom stereocenters. The molecule has 0 radical (unpaired) electrons. The van der Waals surface area contributed by atoms with Crippen LogP contribution in [0.2, 0.25) is 5.02 Å². The molecule has 1 aliphatic carbocycles. The van der Waals surface area contributed by atoms with Gasteiger partial charge in [0, 0.05) is 11.6 Å². The summed E-state index contributed by atoms with van der Waals surface area (Å²) in [6.45, 7) is 1.61. The van der Waals surface area contributed by atoms with Crippen molar-refractivity contribution in [1.29, 1.82) is 0 Å². The van der Waals surface area contributed by atoms with Gasteiger partial charge >= 0.3 is 5.97 Å². The highest BCUT2D eigenvalue weighted by Crippen LogP contribution is 2.25. The summed E-state index contributed by atoms with van der Waals surface area (Å²) in [7, 11) is 0. The number of hydrogen-bond donors (Lipinski definition) is 3. The maximum absolute atomic E-state index is 12.1. The SMILES string of the molecule is CC(NC(=O)C1CCCC1)C(=O)Nc1ccc(C(=O)O)c(Cl)c1. The number of rotatable bonds is 5. The summed E-state index contributed by atoms with van der Waals surface area (Å²) in [6.07, 6.45) is 3.83. The number of carbonyl (C=O) groups excluding carboxylic acids is 2. The van der Waals surface area contributed by atoms with Gasteiger partial charge in [-0.05, 0) is 38.0 Å². The second kappa shape index (κ2) is 7.46. The van der Waals surface area contributed by atoms with Crippen molar-refractivity contribution in [3.8, 4) is 0 Å². The molecule has 3 N–H and O–H groups in total. The van der Waals surface area contributed by atoms with Gasteiger partial charge in [-0.15, -0.1) is 0 Å². The number of carbonyl (C=O) groups is 3. The first kappa shape index (κ1) is 17.3. The van der Waals surface area contributed by atoms with Gasteiger partial charge in [0.15, 0.2) is 0 Å². The minimum absolute atomic E-state index is 0.00505. The third kappa shape index (κ3) is 4.45. The quantitative estimate of drug-likeness (QED) is 0.769. The molecule has 1 aromatic carbocycles. The number of anilines is 1. The Kier molecular flexibility index (Phi) is 5.60. The number of carboxylic acids is 1. The number of aromatic carboxylic acids is 1. The largest absolute Gasteiger partial charge is 0.478 e. The molecular formula is C16H19ClN2O4. The summed E-state index contributed by atoms with van der Waals surface area (Å²) in [5.41, 5.74) is 0.346. The van der Waals surface area contributed by atoms with E-state index in [1.54, 1.807) is 6.92 Å². The number of amides is 2. The van der Waals surface area contributed by atoms with E-state index in [9.17, 15) is 14.4 Å². The van der Waals surface area contributed by atoms with Crippen LogP contribution in [0.4, 0.5) is 5.69 Å². The molecule has 1 fully saturated rings. The lowest BCUT2D eigenvalue weighted by Crippen LogP contribution is -2.43. The van der Waals surface area contributed by atoms with Crippen molar-refractivity contribution < 1.29 is 19.5 Å². The van der Waals surface area contributed by atoms with Crippen LogP contribution in [0.3, 0.4) is 0 Å². The average molecular weight is 339 g/mol. The van der Waals surface area contributed by atoms with Crippen LogP contribution in [0, 0.1) is 5.92 Å². The number of benzene rings is 1. The molecule has 2 amide bonds. The fourth-order valence-electron chi connectivity index (χ4n) is 2.60. The van der Waals surface area contributed by atoms with Crippen LogP contribution in [0.5, 0.6) is 0 Å². The Morgan fingerprint density at radius 3 is 2.48 bits per heavy atom. The van der Waals surface area contributed by atoms with Gasteiger partial charge in [0.25, 0.3) is 0 Å². The molecule has 0 aliphatic heterocycles. The number of halogens is 1. The maximum Gasteiger partial charge on any atom is 0.337 e. The van der Waals surface area contributed by atoms with Crippen LogP contribution in [0.25, 0.3) is 0 Å². The topological polar surface area (TPSA) is 95.5 Å². The Morgan fingerprint density at radius 1 is 1.26 bits per heavy atom. The molecule has 7 heteroatoms. The van der Waals surface area contributed by atoms with Crippen molar-refractivity contribution in [2.45, 2.75) is 38.6 Å².